The van der Waals surface area contributed by atoms with Crippen molar-refractivity contribution in [3.8, 4) is 0 Å². The van der Waals surface area contributed by atoms with E-state index in [1.165, 1.54) is 0 Å². The molecule has 0 radical (unpaired) electrons. The van der Waals surface area contributed by atoms with Crippen LogP contribution in [-0.4, -0.2) is 54.2 Å². The summed E-state index contributed by atoms with van der Waals surface area (Å²) in [7, 11) is 0. The number of fused-ring (bicyclic) bond motifs is 4. The minimum Gasteiger partial charge on any atom is -0.411 e. The molecule has 0 aliphatic carbocycles. The summed E-state index contributed by atoms with van der Waals surface area (Å²) in [6, 6.07) is 17.0. The number of amidine groups is 1. The molecule has 2 aromatic carbocycles. The fourth-order valence-corrected chi connectivity index (χ4v) is 4.69. The van der Waals surface area contributed by atoms with Crippen LogP contribution in [0.1, 0.15) is 44.2 Å². The third-order valence-corrected chi connectivity index (χ3v) is 6.63. The molecule has 1 atom stereocenters. The van der Waals surface area contributed by atoms with Gasteiger partial charge in [0, 0.05) is 11.1 Å². The van der Waals surface area contributed by atoms with Crippen LogP contribution in [0.5, 0.6) is 0 Å². The maximum absolute atomic E-state index is 12.9. The highest BCUT2D eigenvalue weighted by molar-refractivity contribution is 6.19. The van der Waals surface area contributed by atoms with E-state index in [4.69, 9.17) is 15.9 Å². The Labute approximate surface area is 200 Å². The number of amides is 1. The molecule has 0 aromatic heterocycles. The molecular weight excluding hydrogens is 428 g/mol. The molecule has 34 heavy (non-hydrogen) atoms. The van der Waals surface area contributed by atoms with E-state index in [0.717, 1.165) is 50.0 Å². The van der Waals surface area contributed by atoms with Crippen molar-refractivity contribution in [2.75, 3.05) is 25.0 Å². The molecule has 8 heteroatoms. The predicted octanol–water partition coefficient (Wildman–Crippen LogP) is 3.62. The lowest BCUT2D eigenvalue weighted by atomic mass is 9.72. The van der Waals surface area contributed by atoms with E-state index in [1.54, 1.807) is 0 Å². The van der Waals surface area contributed by atoms with Crippen LogP contribution < -0.4 is 11.1 Å². The summed E-state index contributed by atoms with van der Waals surface area (Å²) in [6.07, 6.45) is 1.54. The average molecular weight is 461 g/mol. The van der Waals surface area contributed by atoms with Crippen molar-refractivity contribution in [2.45, 2.75) is 39.3 Å². The summed E-state index contributed by atoms with van der Waals surface area (Å²) in [6.45, 7) is 6.91. The summed E-state index contributed by atoms with van der Waals surface area (Å²) in [4.78, 5) is 24.2. The molecule has 4 aliphatic rings. The van der Waals surface area contributed by atoms with Crippen molar-refractivity contribution in [2.24, 2.45) is 21.1 Å². The largest absolute Gasteiger partial charge is 0.411 e. The van der Waals surface area contributed by atoms with Gasteiger partial charge in [-0.2, -0.15) is 4.99 Å². The van der Waals surface area contributed by atoms with Gasteiger partial charge in [0.05, 0.1) is 16.8 Å². The van der Waals surface area contributed by atoms with Gasteiger partial charge in [0.25, 0.3) is 11.9 Å². The molecule has 0 saturated carbocycles. The third-order valence-electron chi connectivity index (χ3n) is 6.63. The van der Waals surface area contributed by atoms with Gasteiger partial charge < -0.3 is 20.7 Å². The van der Waals surface area contributed by atoms with Crippen LogP contribution in [0.15, 0.2) is 64.6 Å². The van der Waals surface area contributed by atoms with Crippen molar-refractivity contribution in [1.82, 2.24) is 4.90 Å². The number of nitrogens with zero attached hydrogens (tertiary/aromatic N) is 3. The first-order valence-corrected chi connectivity index (χ1v) is 11.9. The Bertz CT molecular complexity index is 1090. The van der Waals surface area contributed by atoms with Crippen molar-refractivity contribution in [3.05, 3.63) is 65.7 Å². The number of aliphatic imine (C=N–C) groups is 2. The molecule has 1 amide bonds. The Morgan fingerprint density at radius 3 is 2.38 bits per heavy atom. The van der Waals surface area contributed by atoms with Gasteiger partial charge in [-0.3, -0.25) is 10.2 Å². The number of nitrogens with two attached hydrogens (primary N) is 1. The average Bonchev–Trinajstić information content (AvgIpc) is 3.03. The number of benzene rings is 2. The first-order valence-electron chi connectivity index (χ1n) is 11.9. The van der Waals surface area contributed by atoms with Gasteiger partial charge in [0.15, 0.2) is 5.90 Å². The molecule has 178 valence electrons. The summed E-state index contributed by atoms with van der Waals surface area (Å²) in [5.74, 6) is -0.256. The number of nitrogens with one attached hydrogen (secondary N) is 2. The Morgan fingerprint density at radius 1 is 1.09 bits per heavy atom. The molecule has 0 spiro atoms. The SMILES string of the molecule is CC.N=C(O/C(N)=N/C1N=C(c2ccccc2)c2ccccc2NC1=O)C12CCN(CC1)CC2. The number of carbonyl (C=O) groups is 1. The number of benzodiazepines with no additional fused rings is 1. The first kappa shape index (κ1) is 23.6. The number of ether oxygens (including phenoxy) is 1. The number of rotatable bonds is 3. The van der Waals surface area contributed by atoms with Crippen LogP contribution in [0.3, 0.4) is 0 Å². The third kappa shape index (κ3) is 4.72. The molecule has 3 saturated heterocycles. The van der Waals surface area contributed by atoms with E-state index in [2.05, 4.69) is 20.2 Å². The molecule has 2 bridgehead atoms. The van der Waals surface area contributed by atoms with E-state index < -0.39 is 12.1 Å². The lowest BCUT2D eigenvalue weighted by molar-refractivity contribution is -0.117. The fraction of sp³-hybridized carbons (Fsp3) is 0.385. The molecule has 2 aromatic rings. The second-order valence-corrected chi connectivity index (χ2v) is 8.52. The van der Waals surface area contributed by atoms with Crippen molar-refractivity contribution >= 4 is 29.2 Å². The molecule has 4 N–H and O–H groups in total. The highest BCUT2D eigenvalue weighted by Crippen LogP contribution is 2.41. The summed E-state index contributed by atoms with van der Waals surface area (Å²) in [5, 5.41) is 11.4. The van der Waals surface area contributed by atoms with Crippen LogP contribution in [0.4, 0.5) is 5.69 Å². The number of hydrogen-bond donors (Lipinski definition) is 3. The maximum atomic E-state index is 12.9. The zero-order valence-electron chi connectivity index (χ0n) is 19.8. The molecule has 4 aliphatic heterocycles. The lowest BCUT2D eigenvalue weighted by Gasteiger charge is -2.47. The van der Waals surface area contributed by atoms with E-state index in [0.29, 0.717) is 11.4 Å². The molecule has 1 unspecified atom stereocenters. The minimum absolute atomic E-state index is 0.141. The monoisotopic (exact) mass is 460 g/mol. The highest BCUT2D eigenvalue weighted by atomic mass is 16.5. The first-order chi connectivity index (χ1) is 16.5. The molecule has 3 fully saturated rings. The molecular formula is C26H32N6O2. The standard InChI is InChI=1S/C24H26N6O2.C2H6/c25-22(24-10-13-30(14-11-24)15-12-24)32-23(26)29-20-21(31)27-18-9-5-4-8-17(18)19(28-20)16-6-2-1-3-7-16;1-2/h1-9,20,25H,10-15H2,(H2,26,29)(H,27,31);1-2H3. The minimum atomic E-state index is -1.11. The molecule has 6 rings (SSSR count). The van der Waals surface area contributed by atoms with E-state index in [9.17, 15) is 4.79 Å². The molecule has 8 nitrogen and oxygen atoms in total. The zero-order valence-corrected chi connectivity index (χ0v) is 19.8. The van der Waals surface area contributed by atoms with E-state index in [1.807, 2.05) is 68.4 Å². The van der Waals surface area contributed by atoms with Gasteiger partial charge in [-0.25, -0.2) is 4.99 Å². The predicted molar refractivity (Wildman–Crippen MR) is 135 cm³/mol. The normalized spacial score (nSPS) is 25.6. The summed E-state index contributed by atoms with van der Waals surface area (Å²) < 4.78 is 5.66. The van der Waals surface area contributed by atoms with Gasteiger partial charge in [-0.15, -0.1) is 0 Å². The van der Waals surface area contributed by atoms with Gasteiger partial charge in [0.2, 0.25) is 6.17 Å². The van der Waals surface area contributed by atoms with Gasteiger partial charge in [0.1, 0.15) is 0 Å². The Morgan fingerprint density at radius 2 is 1.71 bits per heavy atom. The van der Waals surface area contributed by atoms with Crippen LogP contribution >= 0.6 is 0 Å². The van der Waals surface area contributed by atoms with E-state index in [-0.39, 0.29) is 17.3 Å². The van der Waals surface area contributed by atoms with Gasteiger partial charge in [-0.05, 0) is 45.0 Å². The summed E-state index contributed by atoms with van der Waals surface area (Å²) in [5.41, 5.74) is 8.78. The van der Waals surface area contributed by atoms with Crippen LogP contribution in [0, 0.1) is 10.8 Å². The van der Waals surface area contributed by atoms with Gasteiger partial charge >= 0.3 is 0 Å². The Balaban J connectivity index is 0.00000133. The Kier molecular flexibility index (Phi) is 7.07. The van der Waals surface area contributed by atoms with Crippen molar-refractivity contribution < 1.29 is 9.53 Å². The van der Waals surface area contributed by atoms with Gasteiger partial charge in [-0.1, -0.05) is 62.4 Å². The number of piperidine rings is 3. The number of para-hydroxylation sites is 1. The van der Waals surface area contributed by atoms with Crippen LogP contribution in [0.2, 0.25) is 0 Å². The number of carbonyl (C=O) groups excluding carboxylic acids is 1. The molecule has 4 heterocycles. The Hall–Kier alpha value is -3.52. The lowest BCUT2D eigenvalue weighted by Crippen LogP contribution is -2.52. The number of hydrogen-bond acceptors (Lipinski definition) is 6. The van der Waals surface area contributed by atoms with Crippen molar-refractivity contribution in [1.29, 1.82) is 5.41 Å². The van der Waals surface area contributed by atoms with E-state index >= 15 is 0 Å². The fourth-order valence-electron chi connectivity index (χ4n) is 4.69. The topological polar surface area (TPSA) is 116 Å². The van der Waals surface area contributed by atoms with Crippen molar-refractivity contribution in [3.63, 3.8) is 0 Å². The second kappa shape index (κ2) is 10.2. The highest BCUT2D eigenvalue weighted by Gasteiger charge is 2.44. The number of anilines is 1. The quantitative estimate of drug-likeness (QED) is 0.479. The summed E-state index contributed by atoms with van der Waals surface area (Å²) >= 11 is 0. The maximum Gasteiger partial charge on any atom is 0.291 e. The zero-order chi connectivity index (χ0) is 24.1. The van der Waals surface area contributed by atoms with Crippen LogP contribution in [0.25, 0.3) is 0 Å². The van der Waals surface area contributed by atoms with Crippen LogP contribution in [-0.2, 0) is 9.53 Å². The smallest absolute Gasteiger partial charge is 0.291 e. The second-order valence-electron chi connectivity index (χ2n) is 8.52.